The molecule has 34 heavy (non-hydrogen) atoms. The lowest BCUT2D eigenvalue weighted by molar-refractivity contribution is 0.0490. The topological polar surface area (TPSA) is 104 Å². The zero-order valence-electron chi connectivity index (χ0n) is 20.2. The summed E-state index contributed by atoms with van der Waals surface area (Å²) in [4.78, 5) is 28.7. The van der Waals surface area contributed by atoms with E-state index in [-0.39, 0.29) is 5.91 Å². The van der Waals surface area contributed by atoms with Crippen LogP contribution in [0.15, 0.2) is 18.6 Å². The first-order valence-electron chi connectivity index (χ1n) is 12.2. The number of hydrogen-bond acceptors (Lipinski definition) is 8. The first kappa shape index (κ1) is 24.6. The molecule has 1 amide bonds. The number of nitrogens with zero attached hydrogens (tertiary/aromatic N) is 5. The van der Waals surface area contributed by atoms with Crippen molar-refractivity contribution in [2.75, 3.05) is 59.7 Å². The third-order valence-electron chi connectivity index (χ3n) is 6.66. The summed E-state index contributed by atoms with van der Waals surface area (Å²) in [7, 11) is 3.61. The molecule has 0 aromatic carbocycles. The van der Waals surface area contributed by atoms with Gasteiger partial charge in [-0.15, -0.1) is 0 Å². The van der Waals surface area contributed by atoms with Gasteiger partial charge < -0.3 is 29.0 Å². The molecule has 0 aliphatic carbocycles. The van der Waals surface area contributed by atoms with Gasteiger partial charge in [0.15, 0.2) is 5.82 Å². The van der Waals surface area contributed by atoms with Crippen LogP contribution in [-0.4, -0.2) is 90.0 Å². The van der Waals surface area contributed by atoms with E-state index in [0.717, 1.165) is 70.8 Å². The zero-order valence-corrected chi connectivity index (χ0v) is 20.2. The molecule has 0 unspecified atom stereocenters. The van der Waals surface area contributed by atoms with Crippen molar-refractivity contribution in [1.29, 1.82) is 0 Å². The number of piperidine rings is 1. The molecule has 2 aliphatic heterocycles. The Morgan fingerprint density at radius 2 is 1.97 bits per heavy atom. The summed E-state index contributed by atoms with van der Waals surface area (Å²) in [5, 5.41) is 3.08. The van der Waals surface area contributed by atoms with Gasteiger partial charge in [0, 0.05) is 46.5 Å². The van der Waals surface area contributed by atoms with Crippen LogP contribution in [0, 0.1) is 11.8 Å². The van der Waals surface area contributed by atoms with Crippen LogP contribution in [0.2, 0.25) is 0 Å². The van der Waals surface area contributed by atoms with E-state index in [0.29, 0.717) is 42.4 Å². The van der Waals surface area contributed by atoms with Crippen LogP contribution in [0.25, 0.3) is 11.5 Å². The monoisotopic (exact) mass is 472 g/mol. The minimum Gasteiger partial charge on any atom is -0.477 e. The largest absolute Gasteiger partial charge is 0.477 e. The molecule has 2 saturated heterocycles. The first-order chi connectivity index (χ1) is 16.6. The van der Waals surface area contributed by atoms with Gasteiger partial charge in [0.05, 0.1) is 25.7 Å². The average molecular weight is 473 g/mol. The van der Waals surface area contributed by atoms with E-state index in [1.807, 2.05) is 11.6 Å². The molecule has 0 spiro atoms. The maximum atomic E-state index is 13.0. The molecule has 0 radical (unpaired) electrons. The van der Waals surface area contributed by atoms with Crippen LogP contribution in [0.4, 0.5) is 0 Å². The molecule has 4 heterocycles. The molecule has 10 heteroatoms. The van der Waals surface area contributed by atoms with Crippen LogP contribution in [0.5, 0.6) is 5.88 Å². The van der Waals surface area contributed by atoms with Crippen molar-refractivity contribution in [3.63, 3.8) is 0 Å². The Labute approximate surface area is 201 Å². The van der Waals surface area contributed by atoms with Crippen molar-refractivity contribution in [3.05, 3.63) is 24.3 Å². The van der Waals surface area contributed by atoms with Crippen molar-refractivity contribution < 1.29 is 19.0 Å². The molecular weight excluding hydrogens is 436 g/mol. The Hall–Kier alpha value is -2.56. The minimum absolute atomic E-state index is 0.205. The fraction of sp³-hybridized carbons (Fsp3) is 0.667. The molecule has 2 fully saturated rings. The lowest BCUT2D eigenvalue weighted by Gasteiger charge is -2.31. The number of imidazole rings is 1. The van der Waals surface area contributed by atoms with Gasteiger partial charge in [0.2, 0.25) is 5.88 Å². The Balaban J connectivity index is 1.39. The molecule has 0 saturated carbocycles. The van der Waals surface area contributed by atoms with Crippen LogP contribution in [-0.2, 0) is 16.5 Å². The summed E-state index contributed by atoms with van der Waals surface area (Å²) in [6.45, 7) is 6.50. The molecule has 4 rings (SSSR count). The predicted molar refractivity (Wildman–Crippen MR) is 127 cm³/mol. The number of carbonyl (C=O) groups is 1. The Bertz CT molecular complexity index is 922. The lowest BCUT2D eigenvalue weighted by atomic mass is 9.97. The molecule has 186 valence electrons. The average Bonchev–Trinajstić information content (AvgIpc) is 3.31. The third-order valence-corrected chi connectivity index (χ3v) is 6.66. The summed E-state index contributed by atoms with van der Waals surface area (Å²) in [5.41, 5.74) is 1.04. The standard InChI is InChI=1S/C24H36N6O4/c1-29-17-25-15-21(29)23-27-20(13-22(28-23)34-16-19-5-10-33-11-6-19)24(31)26-14-18-3-7-30(8-4-18)9-12-32-2/h13,15,17-19H,3-12,14,16H2,1-2H3,(H,26,31). The highest BCUT2D eigenvalue weighted by atomic mass is 16.5. The summed E-state index contributed by atoms with van der Waals surface area (Å²) >= 11 is 0. The van der Waals surface area contributed by atoms with Crippen molar-refractivity contribution >= 4 is 5.91 Å². The van der Waals surface area contributed by atoms with Gasteiger partial charge in [-0.25, -0.2) is 9.97 Å². The number of hydrogen-bond donors (Lipinski definition) is 1. The van der Waals surface area contributed by atoms with Gasteiger partial charge >= 0.3 is 0 Å². The highest BCUT2D eigenvalue weighted by molar-refractivity contribution is 5.92. The van der Waals surface area contributed by atoms with Crippen LogP contribution in [0.3, 0.4) is 0 Å². The van der Waals surface area contributed by atoms with Gasteiger partial charge in [-0.2, -0.15) is 4.98 Å². The maximum Gasteiger partial charge on any atom is 0.270 e. The number of nitrogens with one attached hydrogen (secondary N) is 1. The summed E-state index contributed by atoms with van der Waals surface area (Å²) in [6.07, 6.45) is 7.44. The smallest absolute Gasteiger partial charge is 0.270 e. The minimum atomic E-state index is -0.205. The molecular formula is C24H36N6O4. The SMILES string of the molecule is COCCN1CCC(CNC(=O)c2cc(OCC3CCOCC3)nc(-c3cncn3C)n2)CC1. The highest BCUT2D eigenvalue weighted by Gasteiger charge is 2.22. The van der Waals surface area contributed by atoms with Gasteiger partial charge in [-0.1, -0.05) is 0 Å². The summed E-state index contributed by atoms with van der Waals surface area (Å²) in [5.74, 6) is 1.53. The number of carbonyl (C=O) groups excluding carboxylic acids is 1. The predicted octanol–water partition coefficient (Wildman–Crippen LogP) is 1.77. The van der Waals surface area contributed by atoms with E-state index in [1.165, 1.54) is 0 Å². The molecule has 2 aromatic rings. The summed E-state index contributed by atoms with van der Waals surface area (Å²) < 4.78 is 18.5. The number of aromatic nitrogens is 4. The van der Waals surface area contributed by atoms with E-state index in [1.54, 1.807) is 25.7 Å². The molecule has 2 aliphatic rings. The van der Waals surface area contributed by atoms with Crippen molar-refractivity contribution in [3.8, 4) is 17.4 Å². The number of likely N-dealkylation sites (tertiary alicyclic amines) is 1. The maximum absolute atomic E-state index is 13.0. The van der Waals surface area contributed by atoms with E-state index >= 15 is 0 Å². The number of ether oxygens (including phenoxy) is 3. The zero-order chi connectivity index (χ0) is 23.8. The normalized spacial score (nSPS) is 18.2. The van der Waals surface area contributed by atoms with Crippen LogP contribution < -0.4 is 10.1 Å². The number of rotatable bonds is 10. The Morgan fingerprint density at radius 3 is 2.68 bits per heavy atom. The quantitative estimate of drug-likeness (QED) is 0.558. The Morgan fingerprint density at radius 1 is 1.18 bits per heavy atom. The fourth-order valence-corrected chi connectivity index (χ4v) is 4.38. The molecule has 10 nitrogen and oxygen atoms in total. The van der Waals surface area contributed by atoms with E-state index in [9.17, 15) is 4.79 Å². The van der Waals surface area contributed by atoms with Gasteiger partial charge in [-0.3, -0.25) is 4.79 Å². The number of aryl methyl sites for hydroxylation is 1. The van der Waals surface area contributed by atoms with Crippen molar-refractivity contribution in [2.45, 2.75) is 25.7 Å². The van der Waals surface area contributed by atoms with E-state index < -0.39 is 0 Å². The second-order valence-electron chi connectivity index (χ2n) is 9.16. The van der Waals surface area contributed by atoms with Crippen LogP contribution in [0.1, 0.15) is 36.2 Å². The molecule has 1 N–H and O–H groups in total. The highest BCUT2D eigenvalue weighted by Crippen LogP contribution is 2.22. The van der Waals surface area contributed by atoms with E-state index in [4.69, 9.17) is 14.2 Å². The van der Waals surface area contributed by atoms with Crippen molar-refractivity contribution in [2.24, 2.45) is 18.9 Å². The third kappa shape index (κ3) is 6.74. The molecule has 0 atom stereocenters. The van der Waals surface area contributed by atoms with E-state index in [2.05, 4.69) is 25.2 Å². The number of amides is 1. The molecule has 0 bridgehead atoms. The first-order valence-corrected chi connectivity index (χ1v) is 12.2. The summed E-state index contributed by atoms with van der Waals surface area (Å²) in [6, 6.07) is 1.64. The second kappa shape index (κ2) is 12.2. The Kier molecular flexibility index (Phi) is 8.84. The second-order valence-corrected chi connectivity index (χ2v) is 9.16. The van der Waals surface area contributed by atoms with Crippen LogP contribution >= 0.6 is 0 Å². The number of methoxy groups -OCH3 is 1. The molecule has 2 aromatic heterocycles. The lowest BCUT2D eigenvalue weighted by Crippen LogP contribution is -2.40. The fourth-order valence-electron chi connectivity index (χ4n) is 4.38. The van der Waals surface area contributed by atoms with Gasteiger partial charge in [-0.05, 0) is 50.6 Å². The van der Waals surface area contributed by atoms with Gasteiger partial charge in [0.25, 0.3) is 5.91 Å². The van der Waals surface area contributed by atoms with Gasteiger partial charge in [0.1, 0.15) is 11.4 Å². The van der Waals surface area contributed by atoms with Crippen molar-refractivity contribution in [1.82, 2.24) is 29.7 Å².